The molecule has 2 aromatic rings. The van der Waals surface area contributed by atoms with Crippen LogP contribution >= 0.6 is 0 Å². The van der Waals surface area contributed by atoms with E-state index in [0.717, 1.165) is 16.4 Å². The smallest absolute Gasteiger partial charge is 0.306 e. The summed E-state index contributed by atoms with van der Waals surface area (Å²) in [6.45, 7) is 1.82. The summed E-state index contributed by atoms with van der Waals surface area (Å²) in [5, 5.41) is 16.2. The van der Waals surface area contributed by atoms with Crippen LogP contribution in [0.3, 0.4) is 0 Å². The third kappa shape index (κ3) is 4.07. The third-order valence-electron chi connectivity index (χ3n) is 3.48. The topological polar surface area (TPSA) is 114 Å². The maximum absolute atomic E-state index is 12.2. The van der Waals surface area contributed by atoms with E-state index in [0.29, 0.717) is 18.5 Å². The highest BCUT2D eigenvalue weighted by Gasteiger charge is 2.19. The van der Waals surface area contributed by atoms with Crippen molar-refractivity contribution in [2.75, 3.05) is 4.72 Å². The third-order valence-corrected chi connectivity index (χ3v) is 4.90. The van der Waals surface area contributed by atoms with Gasteiger partial charge in [0.05, 0.1) is 12.1 Å². The molecule has 0 saturated heterocycles. The predicted octanol–water partition coefficient (Wildman–Crippen LogP) is 1.27. The summed E-state index contributed by atoms with van der Waals surface area (Å²) >= 11 is 0. The molecule has 23 heavy (non-hydrogen) atoms. The number of sulfonamides is 1. The SMILES string of the molecule is CCC(Cc1ccc(NS(=O)(=O)c2cnnn2C)cc1)C(=O)O. The lowest BCUT2D eigenvalue weighted by molar-refractivity contribution is -0.141. The van der Waals surface area contributed by atoms with Gasteiger partial charge in [-0.15, -0.1) is 5.10 Å². The molecule has 2 N–H and O–H groups in total. The highest BCUT2D eigenvalue weighted by molar-refractivity contribution is 7.92. The fourth-order valence-corrected chi connectivity index (χ4v) is 3.25. The van der Waals surface area contributed by atoms with Gasteiger partial charge in [0.1, 0.15) is 0 Å². The first-order valence-corrected chi connectivity index (χ1v) is 8.51. The highest BCUT2D eigenvalue weighted by atomic mass is 32.2. The first kappa shape index (κ1) is 16.9. The first-order chi connectivity index (χ1) is 10.8. The Morgan fingerprint density at radius 2 is 2.00 bits per heavy atom. The van der Waals surface area contributed by atoms with E-state index in [9.17, 15) is 13.2 Å². The predicted molar refractivity (Wildman–Crippen MR) is 83.4 cm³/mol. The van der Waals surface area contributed by atoms with Crippen molar-refractivity contribution in [3.8, 4) is 0 Å². The Bertz CT molecular complexity index is 783. The van der Waals surface area contributed by atoms with Crippen molar-refractivity contribution in [1.82, 2.24) is 15.0 Å². The quantitative estimate of drug-likeness (QED) is 0.786. The minimum atomic E-state index is -3.76. The Hall–Kier alpha value is -2.42. The van der Waals surface area contributed by atoms with Crippen LogP contribution in [0.1, 0.15) is 18.9 Å². The van der Waals surface area contributed by atoms with Gasteiger partial charge >= 0.3 is 5.97 Å². The van der Waals surface area contributed by atoms with E-state index in [1.54, 1.807) is 24.3 Å². The average Bonchev–Trinajstić information content (AvgIpc) is 2.93. The van der Waals surface area contributed by atoms with Gasteiger partial charge in [0.25, 0.3) is 10.0 Å². The fourth-order valence-electron chi connectivity index (χ4n) is 2.13. The number of benzene rings is 1. The molecular formula is C14H18N4O4S. The lowest BCUT2D eigenvalue weighted by Gasteiger charge is -2.11. The molecule has 2 rings (SSSR count). The van der Waals surface area contributed by atoms with Crippen LogP contribution in [-0.2, 0) is 28.3 Å². The van der Waals surface area contributed by atoms with Gasteiger partial charge in [0.2, 0.25) is 0 Å². The van der Waals surface area contributed by atoms with Crippen LogP contribution in [0.25, 0.3) is 0 Å². The second kappa shape index (κ2) is 6.78. The van der Waals surface area contributed by atoms with E-state index in [-0.39, 0.29) is 5.03 Å². The molecular weight excluding hydrogens is 320 g/mol. The molecule has 0 amide bonds. The van der Waals surface area contributed by atoms with Gasteiger partial charge < -0.3 is 5.11 Å². The Morgan fingerprint density at radius 1 is 1.35 bits per heavy atom. The molecule has 1 heterocycles. The minimum Gasteiger partial charge on any atom is -0.481 e. The minimum absolute atomic E-state index is 0.0431. The summed E-state index contributed by atoms with van der Waals surface area (Å²) < 4.78 is 28.0. The summed E-state index contributed by atoms with van der Waals surface area (Å²) in [6, 6.07) is 6.63. The molecule has 0 spiro atoms. The zero-order chi connectivity index (χ0) is 17.0. The summed E-state index contributed by atoms with van der Waals surface area (Å²) in [7, 11) is -2.27. The number of hydrogen-bond donors (Lipinski definition) is 2. The monoisotopic (exact) mass is 338 g/mol. The molecule has 1 aromatic heterocycles. The van der Waals surface area contributed by atoms with Crippen LogP contribution in [0.5, 0.6) is 0 Å². The zero-order valence-electron chi connectivity index (χ0n) is 12.8. The Balaban J connectivity index is 2.11. The van der Waals surface area contributed by atoms with Gasteiger partial charge in [-0.25, -0.2) is 4.68 Å². The first-order valence-electron chi connectivity index (χ1n) is 7.02. The molecule has 0 radical (unpaired) electrons. The number of nitrogens with zero attached hydrogens (tertiary/aromatic N) is 3. The normalized spacial score (nSPS) is 12.8. The number of nitrogens with one attached hydrogen (secondary N) is 1. The summed E-state index contributed by atoms with van der Waals surface area (Å²) in [5.74, 6) is -1.28. The molecule has 124 valence electrons. The zero-order valence-corrected chi connectivity index (χ0v) is 13.6. The van der Waals surface area contributed by atoms with Crippen molar-refractivity contribution in [3.05, 3.63) is 36.0 Å². The summed E-state index contributed by atoms with van der Waals surface area (Å²) in [4.78, 5) is 11.0. The van der Waals surface area contributed by atoms with Gasteiger partial charge in [-0.05, 0) is 30.5 Å². The Kier molecular flexibility index (Phi) is 4.99. The molecule has 0 saturated carbocycles. The number of aromatic nitrogens is 3. The van der Waals surface area contributed by atoms with E-state index in [1.165, 1.54) is 7.05 Å². The van der Waals surface area contributed by atoms with Crippen molar-refractivity contribution < 1.29 is 18.3 Å². The van der Waals surface area contributed by atoms with Crippen molar-refractivity contribution in [2.45, 2.75) is 24.8 Å². The number of aliphatic carboxylic acids is 1. The highest BCUT2D eigenvalue weighted by Crippen LogP contribution is 2.18. The van der Waals surface area contributed by atoms with Crippen molar-refractivity contribution in [2.24, 2.45) is 13.0 Å². The largest absolute Gasteiger partial charge is 0.481 e. The number of carboxylic acids is 1. The number of carbonyl (C=O) groups is 1. The van der Waals surface area contributed by atoms with Gasteiger partial charge in [0.15, 0.2) is 5.03 Å². The van der Waals surface area contributed by atoms with Crippen LogP contribution in [0.2, 0.25) is 0 Å². The number of rotatable bonds is 7. The van der Waals surface area contributed by atoms with E-state index < -0.39 is 21.9 Å². The Labute approximate surface area is 134 Å². The number of hydrogen-bond acceptors (Lipinski definition) is 5. The molecule has 0 bridgehead atoms. The molecule has 1 aromatic carbocycles. The number of carboxylic acid groups (broad SMARTS) is 1. The van der Waals surface area contributed by atoms with E-state index in [1.807, 2.05) is 6.92 Å². The van der Waals surface area contributed by atoms with Crippen molar-refractivity contribution >= 4 is 21.7 Å². The molecule has 0 aliphatic rings. The van der Waals surface area contributed by atoms with E-state index in [2.05, 4.69) is 15.0 Å². The second-order valence-electron chi connectivity index (χ2n) is 5.15. The molecule has 0 fully saturated rings. The molecule has 8 nitrogen and oxygen atoms in total. The molecule has 1 atom stereocenters. The average molecular weight is 338 g/mol. The Morgan fingerprint density at radius 3 is 2.48 bits per heavy atom. The lowest BCUT2D eigenvalue weighted by Crippen LogP contribution is -2.17. The van der Waals surface area contributed by atoms with Gasteiger partial charge in [-0.2, -0.15) is 8.42 Å². The van der Waals surface area contributed by atoms with Gasteiger partial charge in [-0.1, -0.05) is 24.3 Å². The summed E-state index contributed by atoms with van der Waals surface area (Å²) in [5.41, 5.74) is 1.22. The van der Waals surface area contributed by atoms with Crippen molar-refractivity contribution in [1.29, 1.82) is 0 Å². The molecule has 0 aliphatic carbocycles. The maximum atomic E-state index is 12.2. The van der Waals surface area contributed by atoms with Crippen LogP contribution in [-0.4, -0.2) is 34.5 Å². The molecule has 1 unspecified atom stereocenters. The van der Waals surface area contributed by atoms with Gasteiger partial charge in [-0.3, -0.25) is 9.52 Å². The van der Waals surface area contributed by atoms with Gasteiger partial charge in [0, 0.05) is 12.7 Å². The summed E-state index contributed by atoms with van der Waals surface area (Å²) in [6.07, 6.45) is 2.11. The fraction of sp³-hybridized carbons (Fsp3) is 0.357. The number of aryl methyl sites for hydroxylation is 1. The molecule has 0 aliphatic heterocycles. The van der Waals surface area contributed by atoms with Crippen LogP contribution < -0.4 is 4.72 Å². The second-order valence-corrected chi connectivity index (χ2v) is 6.78. The van der Waals surface area contributed by atoms with E-state index >= 15 is 0 Å². The number of anilines is 1. The lowest BCUT2D eigenvalue weighted by atomic mass is 9.97. The standard InChI is InChI=1S/C14H18N4O4S/c1-3-11(14(19)20)8-10-4-6-12(7-5-10)16-23(21,22)13-9-15-17-18(13)2/h4-7,9,11,16H,3,8H2,1-2H3,(H,19,20). The molecule has 9 heteroatoms. The van der Waals surface area contributed by atoms with Crippen molar-refractivity contribution in [3.63, 3.8) is 0 Å². The van der Waals surface area contributed by atoms with E-state index in [4.69, 9.17) is 5.11 Å². The van der Waals surface area contributed by atoms with Crippen LogP contribution in [0.4, 0.5) is 5.69 Å². The van der Waals surface area contributed by atoms with Crippen LogP contribution in [0, 0.1) is 5.92 Å². The van der Waals surface area contributed by atoms with Crippen LogP contribution in [0.15, 0.2) is 35.5 Å². The maximum Gasteiger partial charge on any atom is 0.306 e.